The van der Waals surface area contributed by atoms with Gasteiger partial charge in [0, 0.05) is 11.8 Å². The Kier molecular flexibility index (Phi) is 18.9. The molecular weight excluding hydrogens is 667 g/mol. The standard InChI is InChI=1S/C21H33ClN2O4.C16H25ClN2O2/c1-13(2)16-12-17(14(3)11-18(16)27-7)15(9-8-10-22)19(25)23-24-20(26)28-21(4,5)6;1-10(2)13-9-14(11(3)8-15(13)21-4)12(6-5-7-17)16(20)19-18/h11-13,15H,8-10H2,1-7H3,(H,23,25)(H,24,26);8-10,12H,5-7,18H2,1-4H3,(H,19,20). The van der Waals surface area contributed by atoms with Gasteiger partial charge in [-0.25, -0.2) is 16.1 Å². The molecule has 2 aromatic carbocycles. The molecule has 0 saturated carbocycles. The molecule has 0 fully saturated rings. The number of nitrogens with two attached hydrogens (primary N) is 1. The predicted octanol–water partition coefficient (Wildman–Crippen LogP) is 8.01. The van der Waals surface area contributed by atoms with Crippen LogP contribution >= 0.6 is 23.2 Å². The number of carbonyl (C=O) groups is 3. The number of amides is 3. The third-order valence-corrected chi connectivity index (χ3v) is 8.48. The molecule has 0 aliphatic rings. The highest BCUT2D eigenvalue weighted by Gasteiger charge is 2.26. The van der Waals surface area contributed by atoms with Crippen molar-refractivity contribution in [3.63, 3.8) is 0 Å². The average molecular weight is 726 g/mol. The lowest BCUT2D eigenvalue weighted by Crippen LogP contribution is -2.46. The second kappa shape index (κ2) is 21.1. The number of hydrazine groups is 2. The Morgan fingerprint density at radius 1 is 0.714 bits per heavy atom. The molecule has 0 aliphatic carbocycles. The van der Waals surface area contributed by atoms with Crippen LogP contribution in [0.1, 0.15) is 131 Å². The molecule has 2 aromatic rings. The van der Waals surface area contributed by atoms with Crippen LogP contribution in [0.25, 0.3) is 0 Å². The molecule has 2 rings (SSSR count). The smallest absolute Gasteiger partial charge is 0.426 e. The highest BCUT2D eigenvalue weighted by molar-refractivity contribution is 6.18. The van der Waals surface area contributed by atoms with Gasteiger partial charge in [0.05, 0.1) is 26.1 Å². The zero-order chi connectivity index (χ0) is 37.5. The van der Waals surface area contributed by atoms with Crippen molar-refractivity contribution in [2.75, 3.05) is 26.0 Å². The van der Waals surface area contributed by atoms with Crippen molar-refractivity contribution < 1.29 is 28.6 Å². The molecule has 0 heterocycles. The molecular formula is C37H58Cl2N4O6. The van der Waals surface area contributed by atoms with Crippen LogP contribution in [0, 0.1) is 13.8 Å². The molecule has 0 aliphatic heterocycles. The summed E-state index contributed by atoms with van der Waals surface area (Å²) in [5.74, 6) is 7.32. The molecule has 2 unspecified atom stereocenters. The van der Waals surface area contributed by atoms with Crippen LogP contribution in [0.3, 0.4) is 0 Å². The molecule has 10 nitrogen and oxygen atoms in total. The minimum atomic E-state index is -0.703. The van der Waals surface area contributed by atoms with Gasteiger partial charge in [0.25, 0.3) is 0 Å². The van der Waals surface area contributed by atoms with E-state index in [-0.39, 0.29) is 23.7 Å². The largest absolute Gasteiger partial charge is 0.496 e. The van der Waals surface area contributed by atoms with Crippen molar-refractivity contribution in [1.29, 1.82) is 0 Å². The number of nitrogens with one attached hydrogen (secondary N) is 3. The van der Waals surface area contributed by atoms with Gasteiger partial charge < -0.3 is 14.2 Å². The van der Waals surface area contributed by atoms with Crippen LogP contribution < -0.4 is 31.6 Å². The molecule has 5 N–H and O–H groups in total. The van der Waals surface area contributed by atoms with E-state index in [0.717, 1.165) is 51.3 Å². The first-order valence-corrected chi connectivity index (χ1v) is 17.8. The Labute approximate surface area is 303 Å². The van der Waals surface area contributed by atoms with E-state index in [4.69, 9.17) is 43.3 Å². The Morgan fingerprint density at radius 3 is 1.45 bits per heavy atom. The minimum absolute atomic E-state index is 0.178. The fourth-order valence-corrected chi connectivity index (χ4v) is 5.77. The summed E-state index contributed by atoms with van der Waals surface area (Å²) >= 11 is 11.6. The maximum atomic E-state index is 12.9. The second-order valence-electron chi connectivity index (χ2n) is 13.6. The molecule has 2 atom stereocenters. The molecule has 0 spiro atoms. The molecule has 0 aromatic heterocycles. The number of ether oxygens (including phenoxy) is 3. The lowest BCUT2D eigenvalue weighted by molar-refractivity contribution is -0.124. The summed E-state index contributed by atoms with van der Waals surface area (Å²) in [6.07, 6.45) is 1.98. The van der Waals surface area contributed by atoms with E-state index in [2.05, 4.69) is 50.0 Å². The Hall–Kier alpha value is -3.21. The number of aryl methyl sites for hydroxylation is 2. The molecule has 12 heteroatoms. The SMILES string of the molecule is COc1cc(C)c(C(CCCCl)C(=O)NN)cc1C(C)C.COc1cc(C)c(C(CCCCl)C(=O)NNC(=O)OC(C)(C)C)cc1C(C)C. The van der Waals surface area contributed by atoms with Crippen LogP contribution in [0.5, 0.6) is 11.5 Å². The molecule has 0 saturated heterocycles. The van der Waals surface area contributed by atoms with Crippen LogP contribution in [-0.4, -0.2) is 49.5 Å². The van der Waals surface area contributed by atoms with Crippen LogP contribution in [0.4, 0.5) is 4.79 Å². The van der Waals surface area contributed by atoms with Crippen LogP contribution in [0.2, 0.25) is 0 Å². The summed E-state index contributed by atoms with van der Waals surface area (Å²) in [4.78, 5) is 36.8. The number of hydrogen-bond acceptors (Lipinski definition) is 7. The zero-order valence-corrected chi connectivity index (χ0v) is 32.7. The number of carbonyl (C=O) groups excluding carboxylic acids is 3. The van der Waals surface area contributed by atoms with Crippen molar-refractivity contribution in [3.8, 4) is 11.5 Å². The highest BCUT2D eigenvalue weighted by atomic mass is 35.5. The number of methoxy groups -OCH3 is 2. The van der Waals surface area contributed by atoms with Gasteiger partial charge in [-0.2, -0.15) is 0 Å². The molecule has 276 valence electrons. The first-order valence-electron chi connectivity index (χ1n) is 16.7. The predicted molar refractivity (Wildman–Crippen MR) is 199 cm³/mol. The van der Waals surface area contributed by atoms with Gasteiger partial charge in [-0.1, -0.05) is 39.8 Å². The van der Waals surface area contributed by atoms with Crippen LogP contribution in [-0.2, 0) is 14.3 Å². The van der Waals surface area contributed by atoms with E-state index in [1.54, 1.807) is 35.0 Å². The van der Waals surface area contributed by atoms with Gasteiger partial charge in [0.1, 0.15) is 17.1 Å². The first-order chi connectivity index (χ1) is 23.0. The van der Waals surface area contributed by atoms with E-state index in [1.807, 2.05) is 32.0 Å². The van der Waals surface area contributed by atoms with Gasteiger partial charge in [0.2, 0.25) is 11.8 Å². The number of hydrogen-bond donors (Lipinski definition) is 4. The van der Waals surface area contributed by atoms with Crippen molar-refractivity contribution in [2.45, 2.75) is 117 Å². The number of alkyl halides is 2. The molecule has 3 amide bonds. The van der Waals surface area contributed by atoms with Gasteiger partial charge in [-0.3, -0.25) is 20.4 Å². The average Bonchev–Trinajstić information content (AvgIpc) is 3.03. The molecule has 0 radical (unpaired) electrons. The van der Waals surface area contributed by atoms with Crippen molar-refractivity contribution in [1.82, 2.24) is 16.3 Å². The van der Waals surface area contributed by atoms with E-state index >= 15 is 0 Å². The fraction of sp³-hybridized carbons (Fsp3) is 0.595. The third-order valence-electron chi connectivity index (χ3n) is 7.95. The summed E-state index contributed by atoms with van der Waals surface area (Å²) < 4.78 is 16.1. The van der Waals surface area contributed by atoms with Crippen molar-refractivity contribution >= 4 is 41.1 Å². The van der Waals surface area contributed by atoms with Crippen molar-refractivity contribution in [3.05, 3.63) is 57.6 Å². The van der Waals surface area contributed by atoms with E-state index in [1.165, 1.54) is 0 Å². The minimum Gasteiger partial charge on any atom is -0.496 e. The van der Waals surface area contributed by atoms with Crippen LogP contribution in [0.15, 0.2) is 24.3 Å². The summed E-state index contributed by atoms with van der Waals surface area (Å²) in [6, 6.07) is 8.02. The lowest BCUT2D eigenvalue weighted by atomic mass is 9.86. The lowest BCUT2D eigenvalue weighted by Gasteiger charge is -2.23. The van der Waals surface area contributed by atoms with E-state index < -0.39 is 17.6 Å². The van der Waals surface area contributed by atoms with Gasteiger partial charge >= 0.3 is 6.09 Å². The third kappa shape index (κ3) is 13.9. The number of benzene rings is 2. The second-order valence-corrected chi connectivity index (χ2v) is 14.4. The van der Waals surface area contributed by atoms with Gasteiger partial charge in [-0.15, -0.1) is 23.2 Å². The quantitative estimate of drug-likeness (QED) is 0.0670. The monoisotopic (exact) mass is 724 g/mol. The van der Waals surface area contributed by atoms with Crippen molar-refractivity contribution in [2.24, 2.45) is 5.84 Å². The van der Waals surface area contributed by atoms with Gasteiger partial charge in [-0.05, 0) is 118 Å². The molecule has 0 bridgehead atoms. The summed E-state index contributed by atoms with van der Waals surface area (Å²) in [5, 5.41) is 0. The maximum absolute atomic E-state index is 12.9. The van der Waals surface area contributed by atoms with E-state index in [0.29, 0.717) is 36.9 Å². The van der Waals surface area contributed by atoms with E-state index in [9.17, 15) is 14.4 Å². The summed E-state index contributed by atoms with van der Waals surface area (Å²) in [5.41, 5.74) is 12.4. The summed E-state index contributed by atoms with van der Waals surface area (Å²) in [7, 11) is 3.31. The first kappa shape index (κ1) is 43.8. The topological polar surface area (TPSA) is 141 Å². The Morgan fingerprint density at radius 2 is 1.12 bits per heavy atom. The zero-order valence-electron chi connectivity index (χ0n) is 31.1. The Bertz CT molecular complexity index is 1380. The highest BCUT2D eigenvalue weighted by Crippen LogP contribution is 2.36. The fourth-order valence-electron chi connectivity index (χ4n) is 5.46. The maximum Gasteiger partial charge on any atom is 0.426 e. The number of rotatable bonds is 14. The molecule has 49 heavy (non-hydrogen) atoms. The normalized spacial score (nSPS) is 12.4. The summed E-state index contributed by atoms with van der Waals surface area (Å²) in [6.45, 7) is 17.6. The number of halogens is 2. The van der Waals surface area contributed by atoms with Gasteiger partial charge in [0.15, 0.2) is 0 Å². The Balaban J connectivity index is 0.000000510.